The van der Waals surface area contributed by atoms with Gasteiger partial charge in [-0.15, -0.1) is 11.3 Å². The number of carbonyl (C=O) groups excluding carboxylic acids is 1. The lowest BCUT2D eigenvalue weighted by Crippen LogP contribution is -2.40. The molecule has 1 N–H and O–H groups in total. The highest BCUT2D eigenvalue weighted by Gasteiger charge is 2.28. The monoisotopic (exact) mass is 422 g/mol. The van der Waals surface area contributed by atoms with E-state index in [2.05, 4.69) is 15.2 Å². The van der Waals surface area contributed by atoms with Crippen LogP contribution in [0.1, 0.15) is 16.8 Å². The summed E-state index contributed by atoms with van der Waals surface area (Å²) in [5.74, 6) is -0.193. The molecular weight excluding hydrogens is 400 g/mol. The second kappa shape index (κ2) is 8.16. The van der Waals surface area contributed by atoms with Crippen molar-refractivity contribution in [3.8, 4) is 0 Å². The van der Waals surface area contributed by atoms with Crippen molar-refractivity contribution in [3.05, 3.63) is 41.4 Å². The zero-order chi connectivity index (χ0) is 19.6. The molecule has 1 atom stereocenters. The molecule has 1 aromatic carbocycles. The van der Waals surface area contributed by atoms with Crippen LogP contribution >= 0.6 is 11.3 Å². The summed E-state index contributed by atoms with van der Waals surface area (Å²) in [4.78, 5) is 19.2. The zero-order valence-electron chi connectivity index (χ0n) is 15.3. The molecular formula is C18H22N4O4S2. The summed E-state index contributed by atoms with van der Waals surface area (Å²) in [5.41, 5.74) is 0.452. The number of thiazole rings is 1. The summed E-state index contributed by atoms with van der Waals surface area (Å²) in [7, 11) is -3.55. The molecule has 0 saturated carbocycles. The number of amides is 1. The number of benzene rings is 1. The average Bonchev–Trinajstić information content (AvgIpc) is 3.40. The van der Waals surface area contributed by atoms with Crippen molar-refractivity contribution in [1.29, 1.82) is 0 Å². The third kappa shape index (κ3) is 4.04. The summed E-state index contributed by atoms with van der Waals surface area (Å²) >= 11 is 1.59. The molecule has 3 heterocycles. The van der Waals surface area contributed by atoms with Crippen LogP contribution in [0.5, 0.6) is 0 Å². The van der Waals surface area contributed by atoms with Crippen LogP contribution in [0.2, 0.25) is 0 Å². The van der Waals surface area contributed by atoms with E-state index in [4.69, 9.17) is 4.74 Å². The van der Waals surface area contributed by atoms with E-state index < -0.39 is 10.0 Å². The Kier molecular flexibility index (Phi) is 5.63. The maximum Gasteiger partial charge on any atom is 0.251 e. The largest absolute Gasteiger partial charge is 0.379 e. The molecule has 4 rings (SSSR count). The van der Waals surface area contributed by atoms with Gasteiger partial charge in [-0.25, -0.2) is 13.4 Å². The molecule has 150 valence electrons. The van der Waals surface area contributed by atoms with Crippen LogP contribution in [-0.4, -0.2) is 69.0 Å². The molecule has 0 spiro atoms. The molecule has 0 bridgehead atoms. The topological polar surface area (TPSA) is 91.8 Å². The fourth-order valence-electron chi connectivity index (χ4n) is 3.41. The molecule has 2 saturated heterocycles. The number of morpholine rings is 1. The first-order chi connectivity index (χ1) is 13.5. The lowest BCUT2D eigenvalue weighted by molar-refractivity contribution is 0.0730. The average molecular weight is 423 g/mol. The molecule has 2 aliphatic heterocycles. The molecule has 0 aliphatic carbocycles. The Labute approximate surface area is 168 Å². The van der Waals surface area contributed by atoms with Gasteiger partial charge in [-0.05, 0) is 30.7 Å². The lowest BCUT2D eigenvalue weighted by Gasteiger charge is -2.26. The first kappa shape index (κ1) is 19.3. The van der Waals surface area contributed by atoms with Gasteiger partial charge in [0.25, 0.3) is 5.91 Å². The molecule has 1 amide bonds. The molecule has 1 aromatic heterocycles. The van der Waals surface area contributed by atoms with E-state index in [1.807, 2.05) is 5.38 Å². The third-order valence-corrected chi connectivity index (χ3v) is 7.68. The number of hydrogen-bond donors (Lipinski definition) is 1. The summed E-state index contributed by atoms with van der Waals surface area (Å²) in [6, 6.07) is 6.17. The highest BCUT2D eigenvalue weighted by molar-refractivity contribution is 7.89. The van der Waals surface area contributed by atoms with Crippen molar-refractivity contribution in [2.45, 2.75) is 17.4 Å². The van der Waals surface area contributed by atoms with E-state index >= 15 is 0 Å². The number of nitrogens with zero attached hydrogens (tertiary/aromatic N) is 3. The Balaban J connectivity index is 1.38. The number of carbonyl (C=O) groups is 1. The highest BCUT2D eigenvalue weighted by atomic mass is 32.2. The quantitative estimate of drug-likeness (QED) is 0.778. The minimum atomic E-state index is -3.55. The predicted octanol–water partition coefficient (Wildman–Crippen LogP) is 1.17. The van der Waals surface area contributed by atoms with E-state index in [9.17, 15) is 13.2 Å². The molecule has 1 unspecified atom stereocenters. The number of rotatable bonds is 5. The zero-order valence-corrected chi connectivity index (χ0v) is 16.9. The molecule has 10 heteroatoms. The first-order valence-electron chi connectivity index (χ1n) is 9.17. The van der Waals surface area contributed by atoms with Crippen molar-refractivity contribution >= 4 is 32.4 Å². The fourth-order valence-corrected chi connectivity index (χ4v) is 5.49. The Hall–Kier alpha value is -2.01. The highest BCUT2D eigenvalue weighted by Crippen LogP contribution is 2.23. The third-order valence-electron chi connectivity index (χ3n) is 4.94. The van der Waals surface area contributed by atoms with Crippen LogP contribution < -0.4 is 10.2 Å². The van der Waals surface area contributed by atoms with Gasteiger partial charge in [0.1, 0.15) is 0 Å². The van der Waals surface area contributed by atoms with Crippen LogP contribution in [0.15, 0.2) is 40.7 Å². The SMILES string of the molecule is O=C(NC1CCN(c2nccs2)C1)c1ccc(S(=O)(=O)N2CCOCC2)cc1. The Bertz CT molecular complexity index is 910. The first-order valence-corrected chi connectivity index (χ1v) is 11.5. The lowest BCUT2D eigenvalue weighted by atomic mass is 10.2. The van der Waals surface area contributed by atoms with Crippen LogP contribution in [0.4, 0.5) is 5.13 Å². The molecule has 8 nitrogen and oxygen atoms in total. The second-order valence-corrected chi connectivity index (χ2v) is 9.57. The van der Waals surface area contributed by atoms with Gasteiger partial charge in [-0.3, -0.25) is 4.79 Å². The van der Waals surface area contributed by atoms with E-state index in [1.165, 1.54) is 16.4 Å². The van der Waals surface area contributed by atoms with Gasteiger partial charge in [-0.2, -0.15) is 4.31 Å². The van der Waals surface area contributed by atoms with E-state index in [-0.39, 0.29) is 16.8 Å². The fraction of sp³-hybridized carbons (Fsp3) is 0.444. The number of hydrogen-bond acceptors (Lipinski definition) is 7. The number of nitrogens with one attached hydrogen (secondary N) is 1. The van der Waals surface area contributed by atoms with Gasteiger partial charge in [0, 0.05) is 49.4 Å². The van der Waals surface area contributed by atoms with Crippen molar-refractivity contribution < 1.29 is 17.9 Å². The summed E-state index contributed by atoms with van der Waals surface area (Å²) in [6.07, 6.45) is 2.63. The van der Waals surface area contributed by atoms with Crippen molar-refractivity contribution in [2.24, 2.45) is 0 Å². The summed E-state index contributed by atoms with van der Waals surface area (Å²) in [6.45, 7) is 3.08. The van der Waals surface area contributed by atoms with Gasteiger partial charge in [0.05, 0.1) is 18.1 Å². The summed E-state index contributed by atoms with van der Waals surface area (Å²) in [5, 5.41) is 5.93. The maximum absolute atomic E-state index is 12.7. The van der Waals surface area contributed by atoms with Gasteiger partial charge < -0.3 is 15.0 Å². The Morgan fingerprint density at radius 1 is 1.18 bits per heavy atom. The van der Waals surface area contributed by atoms with Gasteiger partial charge in [0.2, 0.25) is 10.0 Å². The Morgan fingerprint density at radius 2 is 1.93 bits per heavy atom. The normalized spacial score (nSPS) is 21.0. The number of sulfonamides is 1. The van der Waals surface area contributed by atoms with Gasteiger partial charge in [0.15, 0.2) is 5.13 Å². The van der Waals surface area contributed by atoms with E-state index in [0.29, 0.717) is 31.9 Å². The van der Waals surface area contributed by atoms with Gasteiger partial charge in [-0.1, -0.05) is 0 Å². The molecule has 2 aromatic rings. The minimum Gasteiger partial charge on any atom is -0.379 e. The molecule has 0 radical (unpaired) electrons. The van der Waals surface area contributed by atoms with Crippen LogP contribution in [0.25, 0.3) is 0 Å². The van der Waals surface area contributed by atoms with Crippen molar-refractivity contribution in [3.63, 3.8) is 0 Å². The van der Waals surface area contributed by atoms with Crippen molar-refractivity contribution in [1.82, 2.24) is 14.6 Å². The number of anilines is 1. The number of aromatic nitrogens is 1. The standard InChI is InChI=1S/C18H22N4O4S2/c23-17(20-15-5-7-21(13-15)18-19-6-12-27-18)14-1-3-16(4-2-14)28(24,25)22-8-10-26-11-9-22/h1-4,6,12,15H,5,7-11,13H2,(H,20,23). The van der Waals surface area contributed by atoms with Crippen molar-refractivity contribution in [2.75, 3.05) is 44.3 Å². The minimum absolute atomic E-state index is 0.0492. The van der Waals surface area contributed by atoms with Crippen LogP contribution in [0.3, 0.4) is 0 Å². The summed E-state index contributed by atoms with van der Waals surface area (Å²) < 4.78 is 31.9. The molecule has 2 aliphatic rings. The molecule has 28 heavy (non-hydrogen) atoms. The Morgan fingerprint density at radius 3 is 2.61 bits per heavy atom. The van der Waals surface area contributed by atoms with E-state index in [1.54, 1.807) is 29.7 Å². The molecule has 2 fully saturated rings. The number of ether oxygens (including phenoxy) is 1. The predicted molar refractivity (Wildman–Crippen MR) is 106 cm³/mol. The maximum atomic E-state index is 12.7. The smallest absolute Gasteiger partial charge is 0.251 e. The second-order valence-electron chi connectivity index (χ2n) is 6.76. The van der Waals surface area contributed by atoms with Crippen LogP contribution in [-0.2, 0) is 14.8 Å². The van der Waals surface area contributed by atoms with Gasteiger partial charge >= 0.3 is 0 Å². The van der Waals surface area contributed by atoms with E-state index in [0.717, 1.165) is 24.6 Å². The van der Waals surface area contributed by atoms with Crippen LogP contribution in [0, 0.1) is 0 Å².